The van der Waals surface area contributed by atoms with Crippen molar-refractivity contribution in [3.8, 4) is 11.5 Å². The topological polar surface area (TPSA) is 67.9 Å². The van der Waals surface area contributed by atoms with Crippen LogP contribution in [0, 0.1) is 5.92 Å². The van der Waals surface area contributed by atoms with E-state index in [0.717, 1.165) is 5.56 Å². The number of methoxy groups -OCH3 is 1. The lowest BCUT2D eigenvalue weighted by atomic mass is 10.1. The molecule has 0 saturated heterocycles. The van der Waals surface area contributed by atoms with Gasteiger partial charge in [0.2, 0.25) is 11.8 Å². The fraction of sp³-hybridized carbons (Fsp3) is 0.440. The van der Waals surface area contributed by atoms with E-state index in [2.05, 4.69) is 5.32 Å². The molecule has 2 amide bonds. The van der Waals surface area contributed by atoms with Crippen LogP contribution in [0.3, 0.4) is 0 Å². The van der Waals surface area contributed by atoms with Gasteiger partial charge in [0, 0.05) is 24.5 Å². The molecule has 0 aliphatic rings. The lowest BCUT2D eigenvalue weighted by Crippen LogP contribution is -2.48. The Bertz CT molecular complexity index is 871. The van der Waals surface area contributed by atoms with Crippen molar-refractivity contribution in [2.45, 2.75) is 46.2 Å². The van der Waals surface area contributed by atoms with Crippen molar-refractivity contribution >= 4 is 23.4 Å². The predicted molar refractivity (Wildman–Crippen MR) is 127 cm³/mol. The smallest absolute Gasteiger partial charge is 0.242 e. The second-order valence-corrected chi connectivity index (χ2v) is 8.53. The van der Waals surface area contributed by atoms with E-state index in [0.29, 0.717) is 48.6 Å². The summed E-state index contributed by atoms with van der Waals surface area (Å²) < 4.78 is 11.0. The summed E-state index contributed by atoms with van der Waals surface area (Å²) in [5, 5.41) is 3.57. The van der Waals surface area contributed by atoms with Gasteiger partial charge in [-0.25, -0.2) is 0 Å². The second-order valence-electron chi connectivity index (χ2n) is 8.09. The third-order valence-electron chi connectivity index (χ3n) is 4.96. The Balaban J connectivity index is 2.01. The zero-order valence-electron chi connectivity index (χ0n) is 19.3. The Morgan fingerprint density at radius 1 is 1.06 bits per heavy atom. The van der Waals surface area contributed by atoms with Crippen LogP contribution in [0.4, 0.5) is 0 Å². The van der Waals surface area contributed by atoms with Gasteiger partial charge in [-0.1, -0.05) is 37.6 Å². The summed E-state index contributed by atoms with van der Waals surface area (Å²) in [5.41, 5.74) is 0.902. The average molecular weight is 461 g/mol. The lowest BCUT2D eigenvalue weighted by Gasteiger charge is -2.29. The third kappa shape index (κ3) is 8.42. The Hall–Kier alpha value is -2.73. The highest BCUT2D eigenvalue weighted by molar-refractivity contribution is 6.30. The van der Waals surface area contributed by atoms with E-state index in [-0.39, 0.29) is 18.2 Å². The first kappa shape index (κ1) is 25.5. The van der Waals surface area contributed by atoms with Gasteiger partial charge in [0.25, 0.3) is 0 Å². The van der Waals surface area contributed by atoms with Crippen LogP contribution in [0.25, 0.3) is 0 Å². The van der Waals surface area contributed by atoms with Crippen LogP contribution in [0.2, 0.25) is 5.02 Å². The first-order valence-electron chi connectivity index (χ1n) is 10.9. The van der Waals surface area contributed by atoms with Crippen molar-refractivity contribution in [2.24, 2.45) is 5.92 Å². The minimum absolute atomic E-state index is 0.0975. The predicted octanol–water partition coefficient (Wildman–Crippen LogP) is 4.70. The van der Waals surface area contributed by atoms with Gasteiger partial charge in [-0.05, 0) is 61.2 Å². The molecule has 0 aromatic heterocycles. The molecule has 32 heavy (non-hydrogen) atoms. The van der Waals surface area contributed by atoms with Gasteiger partial charge in [0.05, 0.1) is 13.7 Å². The molecule has 0 spiro atoms. The number of carbonyl (C=O) groups excluding carboxylic acids is 2. The summed E-state index contributed by atoms with van der Waals surface area (Å²) in [5.74, 6) is 1.49. The van der Waals surface area contributed by atoms with Gasteiger partial charge in [0.1, 0.15) is 17.5 Å². The standard InChI is InChI=1S/C25H33ClN2O4/c1-18(2)16-27-25(30)19(3)28(17-20-7-5-8-23(15-20)31-4)24(29)9-6-14-32-22-12-10-21(26)11-13-22/h5,7-8,10-13,15,18-19H,6,9,14,16-17H2,1-4H3,(H,27,30). The van der Waals surface area contributed by atoms with Crippen LogP contribution in [0.1, 0.15) is 39.2 Å². The molecular formula is C25H33ClN2O4. The molecule has 2 aromatic carbocycles. The van der Waals surface area contributed by atoms with Crippen LogP contribution in [-0.2, 0) is 16.1 Å². The summed E-state index contributed by atoms with van der Waals surface area (Å²) in [7, 11) is 1.60. The van der Waals surface area contributed by atoms with Crippen molar-refractivity contribution in [3.05, 3.63) is 59.1 Å². The zero-order chi connectivity index (χ0) is 23.5. The quantitative estimate of drug-likeness (QED) is 0.466. The Kier molecular flexibility index (Phi) is 10.3. The number of nitrogens with zero attached hydrogens (tertiary/aromatic N) is 1. The maximum absolute atomic E-state index is 13.1. The molecule has 0 aliphatic carbocycles. The van der Waals surface area contributed by atoms with Crippen molar-refractivity contribution in [2.75, 3.05) is 20.3 Å². The summed E-state index contributed by atoms with van der Waals surface area (Å²) >= 11 is 5.88. The van der Waals surface area contributed by atoms with Gasteiger partial charge in [-0.3, -0.25) is 9.59 Å². The van der Waals surface area contributed by atoms with E-state index < -0.39 is 6.04 Å². The summed E-state index contributed by atoms with van der Waals surface area (Å²) in [6.07, 6.45) is 0.815. The summed E-state index contributed by atoms with van der Waals surface area (Å²) in [6, 6.07) is 14.0. The van der Waals surface area contributed by atoms with E-state index in [1.165, 1.54) is 0 Å². The van der Waals surface area contributed by atoms with E-state index >= 15 is 0 Å². The Labute approximate surface area is 195 Å². The van der Waals surface area contributed by atoms with E-state index in [1.54, 1.807) is 43.2 Å². The van der Waals surface area contributed by atoms with Gasteiger partial charge < -0.3 is 19.7 Å². The zero-order valence-corrected chi connectivity index (χ0v) is 20.0. The molecule has 0 fully saturated rings. The molecule has 1 atom stereocenters. The molecule has 2 rings (SSSR count). The summed E-state index contributed by atoms with van der Waals surface area (Å²) in [6.45, 7) is 7.12. The van der Waals surface area contributed by atoms with Gasteiger partial charge in [-0.2, -0.15) is 0 Å². The molecule has 7 heteroatoms. The lowest BCUT2D eigenvalue weighted by molar-refractivity contribution is -0.140. The van der Waals surface area contributed by atoms with Gasteiger partial charge in [-0.15, -0.1) is 0 Å². The number of hydrogen-bond acceptors (Lipinski definition) is 4. The number of halogens is 1. The molecule has 174 valence electrons. The number of carbonyl (C=O) groups is 2. The number of hydrogen-bond donors (Lipinski definition) is 1. The van der Waals surface area contributed by atoms with Gasteiger partial charge >= 0.3 is 0 Å². The van der Waals surface area contributed by atoms with Crippen molar-refractivity contribution in [3.63, 3.8) is 0 Å². The molecule has 1 N–H and O–H groups in total. The number of benzene rings is 2. The Morgan fingerprint density at radius 3 is 2.44 bits per heavy atom. The second kappa shape index (κ2) is 13.0. The normalized spacial score (nSPS) is 11.7. The first-order valence-corrected chi connectivity index (χ1v) is 11.3. The van der Waals surface area contributed by atoms with E-state index in [4.69, 9.17) is 21.1 Å². The fourth-order valence-electron chi connectivity index (χ4n) is 3.09. The monoisotopic (exact) mass is 460 g/mol. The molecule has 0 heterocycles. The van der Waals surface area contributed by atoms with Crippen molar-refractivity contribution in [1.82, 2.24) is 10.2 Å². The van der Waals surface area contributed by atoms with Crippen LogP contribution in [0.15, 0.2) is 48.5 Å². The minimum Gasteiger partial charge on any atom is -0.497 e. The van der Waals surface area contributed by atoms with E-state index in [9.17, 15) is 9.59 Å². The van der Waals surface area contributed by atoms with Crippen molar-refractivity contribution < 1.29 is 19.1 Å². The SMILES string of the molecule is COc1cccc(CN(C(=O)CCCOc2ccc(Cl)cc2)C(C)C(=O)NCC(C)C)c1. The van der Waals surface area contributed by atoms with Crippen LogP contribution < -0.4 is 14.8 Å². The van der Waals surface area contributed by atoms with E-state index in [1.807, 2.05) is 38.1 Å². The molecule has 2 aromatic rings. The number of ether oxygens (including phenoxy) is 2. The van der Waals surface area contributed by atoms with Crippen LogP contribution in [-0.4, -0.2) is 43.0 Å². The number of rotatable bonds is 12. The molecule has 6 nitrogen and oxygen atoms in total. The maximum atomic E-state index is 13.1. The summed E-state index contributed by atoms with van der Waals surface area (Å²) in [4.78, 5) is 27.4. The highest BCUT2D eigenvalue weighted by atomic mass is 35.5. The average Bonchev–Trinajstić information content (AvgIpc) is 2.79. The molecule has 1 unspecified atom stereocenters. The largest absolute Gasteiger partial charge is 0.497 e. The number of nitrogens with one attached hydrogen (secondary N) is 1. The molecule has 0 bridgehead atoms. The third-order valence-corrected chi connectivity index (χ3v) is 5.21. The highest BCUT2D eigenvalue weighted by Gasteiger charge is 2.26. The maximum Gasteiger partial charge on any atom is 0.242 e. The fourth-order valence-corrected chi connectivity index (χ4v) is 3.22. The molecular weight excluding hydrogens is 428 g/mol. The molecule has 0 saturated carbocycles. The first-order chi connectivity index (χ1) is 15.3. The van der Waals surface area contributed by atoms with Gasteiger partial charge in [0.15, 0.2) is 0 Å². The van der Waals surface area contributed by atoms with Crippen LogP contribution >= 0.6 is 11.6 Å². The number of amides is 2. The van der Waals surface area contributed by atoms with Crippen molar-refractivity contribution in [1.29, 1.82) is 0 Å². The molecule has 0 radical (unpaired) electrons. The van der Waals surface area contributed by atoms with Crippen LogP contribution in [0.5, 0.6) is 11.5 Å². The Morgan fingerprint density at radius 2 is 1.78 bits per heavy atom. The highest BCUT2D eigenvalue weighted by Crippen LogP contribution is 2.18. The molecule has 0 aliphatic heterocycles. The minimum atomic E-state index is -0.593.